The van der Waals surface area contributed by atoms with Gasteiger partial charge in [0.1, 0.15) is 5.82 Å². The van der Waals surface area contributed by atoms with Gasteiger partial charge in [0.05, 0.1) is 5.69 Å². The Morgan fingerprint density at radius 1 is 1.43 bits per heavy atom. The third kappa shape index (κ3) is 2.65. The standard InChI is InChI=1S/C10H15FN2O/c1-6-8(11)9(14)13-7(12-6)5-10(2,3)4/h5H2,1-4H3,(H,12,13,14). The van der Waals surface area contributed by atoms with E-state index >= 15 is 0 Å². The van der Waals surface area contributed by atoms with Crippen LogP contribution >= 0.6 is 0 Å². The van der Waals surface area contributed by atoms with E-state index in [0.717, 1.165) is 0 Å². The summed E-state index contributed by atoms with van der Waals surface area (Å²) < 4.78 is 12.9. The molecule has 1 N–H and O–H groups in total. The monoisotopic (exact) mass is 198 g/mol. The fourth-order valence-corrected chi connectivity index (χ4v) is 1.22. The smallest absolute Gasteiger partial charge is 0.287 e. The average molecular weight is 198 g/mol. The molecule has 1 aromatic heterocycles. The molecule has 0 aliphatic rings. The first kappa shape index (κ1) is 10.9. The first-order valence-electron chi connectivity index (χ1n) is 4.55. The summed E-state index contributed by atoms with van der Waals surface area (Å²) >= 11 is 0. The van der Waals surface area contributed by atoms with Gasteiger partial charge in [-0.25, -0.2) is 4.98 Å². The van der Waals surface area contributed by atoms with Crippen molar-refractivity contribution in [2.45, 2.75) is 34.1 Å². The Morgan fingerprint density at radius 2 is 2.00 bits per heavy atom. The van der Waals surface area contributed by atoms with Crippen molar-refractivity contribution in [2.75, 3.05) is 0 Å². The molecule has 1 aromatic rings. The van der Waals surface area contributed by atoms with Gasteiger partial charge in [-0.05, 0) is 12.3 Å². The van der Waals surface area contributed by atoms with Crippen LogP contribution in [0.3, 0.4) is 0 Å². The predicted molar refractivity (Wildman–Crippen MR) is 52.7 cm³/mol. The minimum Gasteiger partial charge on any atom is -0.308 e. The van der Waals surface area contributed by atoms with Crippen LogP contribution in [-0.2, 0) is 6.42 Å². The van der Waals surface area contributed by atoms with E-state index < -0.39 is 11.4 Å². The second-order valence-corrected chi connectivity index (χ2v) is 4.65. The van der Waals surface area contributed by atoms with Gasteiger partial charge in [-0.1, -0.05) is 20.8 Å². The lowest BCUT2D eigenvalue weighted by Crippen LogP contribution is -2.21. The summed E-state index contributed by atoms with van der Waals surface area (Å²) in [6, 6.07) is 0. The maximum Gasteiger partial charge on any atom is 0.287 e. The number of nitrogens with zero attached hydrogens (tertiary/aromatic N) is 1. The predicted octanol–water partition coefficient (Wildman–Crippen LogP) is 1.81. The molecule has 3 nitrogen and oxygen atoms in total. The Labute approximate surface area is 82.4 Å². The molecule has 0 aliphatic heterocycles. The van der Waals surface area contributed by atoms with Crippen molar-refractivity contribution in [3.63, 3.8) is 0 Å². The Balaban J connectivity index is 3.08. The topological polar surface area (TPSA) is 45.8 Å². The van der Waals surface area contributed by atoms with E-state index in [1.165, 1.54) is 6.92 Å². The molecule has 0 radical (unpaired) electrons. The molecular weight excluding hydrogens is 183 g/mol. The Kier molecular flexibility index (Phi) is 2.73. The van der Waals surface area contributed by atoms with Crippen LogP contribution in [0.25, 0.3) is 0 Å². The van der Waals surface area contributed by atoms with Gasteiger partial charge in [-0.2, -0.15) is 4.39 Å². The first-order chi connectivity index (χ1) is 6.29. The molecular formula is C10H15FN2O. The van der Waals surface area contributed by atoms with Crippen molar-refractivity contribution in [3.05, 3.63) is 27.7 Å². The molecule has 0 amide bonds. The van der Waals surface area contributed by atoms with Gasteiger partial charge >= 0.3 is 0 Å². The van der Waals surface area contributed by atoms with Gasteiger partial charge in [0, 0.05) is 6.42 Å². The van der Waals surface area contributed by atoms with Gasteiger partial charge in [0.25, 0.3) is 5.56 Å². The molecule has 78 valence electrons. The summed E-state index contributed by atoms with van der Waals surface area (Å²) in [5, 5.41) is 0. The van der Waals surface area contributed by atoms with Crippen LogP contribution in [0.4, 0.5) is 4.39 Å². The summed E-state index contributed by atoms with van der Waals surface area (Å²) in [5.41, 5.74) is -0.495. The molecule has 0 unspecified atom stereocenters. The van der Waals surface area contributed by atoms with Crippen molar-refractivity contribution >= 4 is 0 Å². The number of nitrogens with one attached hydrogen (secondary N) is 1. The maximum absolute atomic E-state index is 12.9. The van der Waals surface area contributed by atoms with E-state index in [1.807, 2.05) is 20.8 Å². The Bertz CT molecular complexity index is 390. The lowest BCUT2D eigenvalue weighted by Gasteiger charge is -2.16. The number of hydrogen-bond acceptors (Lipinski definition) is 2. The molecule has 0 spiro atoms. The third-order valence-electron chi connectivity index (χ3n) is 1.78. The van der Waals surface area contributed by atoms with Gasteiger partial charge in [0.15, 0.2) is 0 Å². The molecule has 0 atom stereocenters. The van der Waals surface area contributed by atoms with Gasteiger partial charge in [0.2, 0.25) is 5.82 Å². The lowest BCUT2D eigenvalue weighted by atomic mass is 9.92. The molecule has 0 bridgehead atoms. The summed E-state index contributed by atoms with van der Waals surface area (Å²) in [6.45, 7) is 7.60. The van der Waals surface area contributed by atoms with Crippen LogP contribution in [0.2, 0.25) is 0 Å². The van der Waals surface area contributed by atoms with Crippen molar-refractivity contribution in [1.82, 2.24) is 9.97 Å². The fourth-order valence-electron chi connectivity index (χ4n) is 1.22. The van der Waals surface area contributed by atoms with Gasteiger partial charge < -0.3 is 4.98 Å². The highest BCUT2D eigenvalue weighted by atomic mass is 19.1. The van der Waals surface area contributed by atoms with E-state index in [1.54, 1.807) is 0 Å². The quantitative estimate of drug-likeness (QED) is 0.748. The number of aryl methyl sites for hydroxylation is 1. The molecule has 1 rings (SSSR count). The van der Waals surface area contributed by atoms with Crippen LogP contribution < -0.4 is 5.56 Å². The van der Waals surface area contributed by atoms with Crippen LogP contribution in [0.15, 0.2) is 4.79 Å². The minimum absolute atomic E-state index is 0.0280. The lowest BCUT2D eigenvalue weighted by molar-refractivity contribution is 0.397. The summed E-state index contributed by atoms with van der Waals surface area (Å²) in [4.78, 5) is 17.5. The molecule has 1 heterocycles. The van der Waals surface area contributed by atoms with E-state index in [4.69, 9.17) is 0 Å². The molecule has 0 aromatic carbocycles. The zero-order chi connectivity index (χ0) is 10.9. The molecule has 0 saturated heterocycles. The Morgan fingerprint density at radius 3 is 2.43 bits per heavy atom. The van der Waals surface area contributed by atoms with E-state index in [9.17, 15) is 9.18 Å². The SMILES string of the molecule is Cc1nc(CC(C)(C)C)[nH]c(=O)c1F. The normalized spacial score (nSPS) is 11.8. The van der Waals surface area contributed by atoms with Crippen molar-refractivity contribution in [2.24, 2.45) is 5.41 Å². The number of aromatic amines is 1. The summed E-state index contributed by atoms with van der Waals surface area (Å²) in [7, 11) is 0. The van der Waals surface area contributed by atoms with Gasteiger partial charge in [-0.3, -0.25) is 4.79 Å². The Hall–Kier alpha value is -1.19. The number of rotatable bonds is 1. The van der Waals surface area contributed by atoms with Crippen LogP contribution in [0.1, 0.15) is 32.3 Å². The fraction of sp³-hybridized carbons (Fsp3) is 0.600. The van der Waals surface area contributed by atoms with Crippen LogP contribution in [0.5, 0.6) is 0 Å². The van der Waals surface area contributed by atoms with E-state index in [-0.39, 0.29) is 11.1 Å². The molecule has 0 saturated carbocycles. The molecule has 0 fully saturated rings. The number of aromatic nitrogens is 2. The van der Waals surface area contributed by atoms with E-state index in [0.29, 0.717) is 12.2 Å². The highest BCUT2D eigenvalue weighted by Gasteiger charge is 2.15. The van der Waals surface area contributed by atoms with Crippen molar-refractivity contribution in [1.29, 1.82) is 0 Å². The van der Waals surface area contributed by atoms with Gasteiger partial charge in [-0.15, -0.1) is 0 Å². The van der Waals surface area contributed by atoms with Crippen molar-refractivity contribution in [3.8, 4) is 0 Å². The zero-order valence-corrected chi connectivity index (χ0v) is 8.94. The highest BCUT2D eigenvalue weighted by molar-refractivity contribution is 5.04. The molecule has 0 aliphatic carbocycles. The minimum atomic E-state index is -0.789. The number of H-pyrrole nitrogens is 1. The third-order valence-corrected chi connectivity index (χ3v) is 1.78. The number of halogens is 1. The highest BCUT2D eigenvalue weighted by Crippen LogP contribution is 2.17. The molecule has 4 heteroatoms. The van der Waals surface area contributed by atoms with Crippen molar-refractivity contribution < 1.29 is 4.39 Å². The van der Waals surface area contributed by atoms with Crippen LogP contribution in [-0.4, -0.2) is 9.97 Å². The number of hydrogen-bond donors (Lipinski definition) is 1. The largest absolute Gasteiger partial charge is 0.308 e. The second kappa shape index (κ2) is 3.52. The first-order valence-corrected chi connectivity index (χ1v) is 4.55. The average Bonchev–Trinajstić information content (AvgIpc) is 1.96. The van der Waals surface area contributed by atoms with E-state index in [2.05, 4.69) is 9.97 Å². The zero-order valence-electron chi connectivity index (χ0n) is 8.94. The second-order valence-electron chi connectivity index (χ2n) is 4.65. The maximum atomic E-state index is 12.9. The molecule has 14 heavy (non-hydrogen) atoms. The van der Waals surface area contributed by atoms with Crippen LogP contribution in [0, 0.1) is 18.2 Å². The summed E-state index contributed by atoms with van der Waals surface area (Å²) in [6.07, 6.45) is 0.628. The summed E-state index contributed by atoms with van der Waals surface area (Å²) in [5.74, 6) is -0.246.